The fourth-order valence-electron chi connectivity index (χ4n) is 2.83. The van der Waals surface area contributed by atoms with Gasteiger partial charge < -0.3 is 20.7 Å². The molecular formula is C22H29N3O3. The first-order valence-corrected chi connectivity index (χ1v) is 9.51. The van der Waals surface area contributed by atoms with Crippen LogP contribution in [-0.2, 0) is 4.79 Å². The summed E-state index contributed by atoms with van der Waals surface area (Å²) in [5.74, 6) is 0.885. The van der Waals surface area contributed by atoms with Crippen LogP contribution in [0.3, 0.4) is 0 Å². The van der Waals surface area contributed by atoms with Crippen LogP contribution in [0.2, 0.25) is 0 Å². The Balaban J connectivity index is 1.76. The summed E-state index contributed by atoms with van der Waals surface area (Å²) in [5.41, 5.74) is 3.74. The number of hydrogen-bond donors (Lipinski definition) is 3. The maximum Gasteiger partial charge on any atom is 0.319 e. The van der Waals surface area contributed by atoms with E-state index < -0.39 is 0 Å². The van der Waals surface area contributed by atoms with Gasteiger partial charge in [0.25, 0.3) is 0 Å². The second-order valence-corrected chi connectivity index (χ2v) is 6.99. The van der Waals surface area contributed by atoms with E-state index in [0.29, 0.717) is 36.9 Å². The Hall–Kier alpha value is -3.02. The molecule has 2 aromatic rings. The monoisotopic (exact) mass is 383 g/mol. The minimum Gasteiger partial charge on any atom is -0.493 e. The van der Waals surface area contributed by atoms with Gasteiger partial charge in [-0.1, -0.05) is 38.1 Å². The van der Waals surface area contributed by atoms with E-state index in [1.165, 1.54) is 6.92 Å². The number of amides is 3. The Bertz CT molecular complexity index is 818. The minimum absolute atomic E-state index is 0.123. The number of para-hydroxylation sites is 1. The Morgan fingerprint density at radius 1 is 1.07 bits per heavy atom. The molecule has 150 valence electrons. The number of benzene rings is 2. The standard InChI is InChI=1S/C22H29N3O3/c1-15(2)20-11-5-8-16(3)21(20)25-22(27)23-12-7-13-28-19-10-6-9-18(14-19)24-17(4)26/h5-6,8-11,14-15H,7,12-13H2,1-4H3,(H,24,26)(H2,23,25,27). The van der Waals surface area contributed by atoms with Crippen LogP contribution >= 0.6 is 0 Å². The van der Waals surface area contributed by atoms with Gasteiger partial charge in [-0.25, -0.2) is 4.79 Å². The normalized spacial score (nSPS) is 10.5. The van der Waals surface area contributed by atoms with Gasteiger partial charge in [0.1, 0.15) is 5.75 Å². The highest BCUT2D eigenvalue weighted by molar-refractivity contribution is 5.91. The minimum atomic E-state index is -0.219. The second kappa shape index (κ2) is 10.3. The predicted octanol–water partition coefficient (Wildman–Crippen LogP) is 4.67. The summed E-state index contributed by atoms with van der Waals surface area (Å²) in [7, 11) is 0. The average Bonchev–Trinajstić information content (AvgIpc) is 2.62. The van der Waals surface area contributed by atoms with E-state index >= 15 is 0 Å². The molecule has 0 saturated carbocycles. The molecule has 3 N–H and O–H groups in total. The van der Waals surface area contributed by atoms with Gasteiger partial charge in [0, 0.05) is 30.9 Å². The van der Waals surface area contributed by atoms with Crippen LogP contribution in [0.1, 0.15) is 44.2 Å². The first kappa shape index (κ1) is 21.3. The lowest BCUT2D eigenvalue weighted by Gasteiger charge is -2.17. The summed E-state index contributed by atoms with van der Waals surface area (Å²) >= 11 is 0. The number of carbonyl (C=O) groups is 2. The summed E-state index contributed by atoms with van der Waals surface area (Å²) in [5, 5.41) is 8.54. The van der Waals surface area contributed by atoms with Crippen LogP contribution in [0.25, 0.3) is 0 Å². The van der Waals surface area contributed by atoms with Gasteiger partial charge >= 0.3 is 6.03 Å². The van der Waals surface area contributed by atoms with E-state index in [1.54, 1.807) is 12.1 Å². The number of anilines is 2. The SMILES string of the molecule is CC(=O)Nc1cccc(OCCCNC(=O)Nc2c(C)cccc2C(C)C)c1. The van der Waals surface area contributed by atoms with Crippen LogP contribution in [0, 0.1) is 6.92 Å². The lowest BCUT2D eigenvalue weighted by molar-refractivity contribution is -0.114. The fourth-order valence-corrected chi connectivity index (χ4v) is 2.83. The van der Waals surface area contributed by atoms with Gasteiger partial charge in [-0.2, -0.15) is 0 Å². The average molecular weight is 383 g/mol. The van der Waals surface area contributed by atoms with Gasteiger partial charge in [0.15, 0.2) is 0 Å². The molecule has 6 nitrogen and oxygen atoms in total. The first-order chi connectivity index (χ1) is 13.4. The van der Waals surface area contributed by atoms with Crippen LogP contribution in [-0.4, -0.2) is 25.1 Å². The molecule has 6 heteroatoms. The van der Waals surface area contributed by atoms with Crippen molar-refractivity contribution >= 4 is 23.3 Å². The number of hydrogen-bond acceptors (Lipinski definition) is 3. The molecule has 0 saturated heterocycles. The van der Waals surface area contributed by atoms with Gasteiger partial charge in [0.2, 0.25) is 5.91 Å². The third-order valence-electron chi connectivity index (χ3n) is 4.20. The molecule has 0 radical (unpaired) electrons. The zero-order valence-corrected chi connectivity index (χ0v) is 17.0. The molecule has 2 aromatic carbocycles. The molecule has 0 aliphatic carbocycles. The molecule has 0 heterocycles. The zero-order chi connectivity index (χ0) is 20.5. The van der Waals surface area contributed by atoms with Crippen LogP contribution in [0.4, 0.5) is 16.2 Å². The Labute approximate surface area is 166 Å². The zero-order valence-electron chi connectivity index (χ0n) is 17.0. The Kier molecular flexibility index (Phi) is 7.87. The number of ether oxygens (including phenoxy) is 1. The second-order valence-electron chi connectivity index (χ2n) is 6.99. The summed E-state index contributed by atoms with van der Waals surface area (Å²) in [6, 6.07) is 13.0. The maximum absolute atomic E-state index is 12.2. The smallest absolute Gasteiger partial charge is 0.319 e. The Morgan fingerprint density at radius 2 is 1.82 bits per heavy atom. The van der Waals surface area contributed by atoms with Crippen molar-refractivity contribution in [2.24, 2.45) is 0 Å². The number of carbonyl (C=O) groups excluding carboxylic acids is 2. The van der Waals surface area contributed by atoms with Gasteiger partial charge in [-0.3, -0.25) is 4.79 Å². The fraction of sp³-hybridized carbons (Fsp3) is 0.364. The van der Waals surface area contributed by atoms with Crippen LogP contribution < -0.4 is 20.7 Å². The molecule has 3 amide bonds. The lowest BCUT2D eigenvalue weighted by Crippen LogP contribution is -2.31. The third-order valence-corrected chi connectivity index (χ3v) is 4.20. The predicted molar refractivity (Wildman–Crippen MR) is 113 cm³/mol. The summed E-state index contributed by atoms with van der Waals surface area (Å²) in [6.07, 6.45) is 0.669. The maximum atomic E-state index is 12.2. The van der Waals surface area contributed by atoms with Crippen molar-refractivity contribution in [3.63, 3.8) is 0 Å². The molecule has 0 spiro atoms. The van der Waals surface area contributed by atoms with Crippen LogP contribution in [0.5, 0.6) is 5.75 Å². The lowest BCUT2D eigenvalue weighted by atomic mass is 9.98. The highest BCUT2D eigenvalue weighted by Gasteiger charge is 2.11. The first-order valence-electron chi connectivity index (χ1n) is 9.51. The van der Waals surface area contributed by atoms with E-state index in [0.717, 1.165) is 16.8 Å². The molecule has 0 aromatic heterocycles. The van der Waals surface area contributed by atoms with Crippen molar-refractivity contribution in [3.8, 4) is 5.75 Å². The molecule has 0 unspecified atom stereocenters. The van der Waals surface area contributed by atoms with Crippen molar-refractivity contribution in [2.45, 2.75) is 40.0 Å². The van der Waals surface area contributed by atoms with Crippen molar-refractivity contribution in [3.05, 3.63) is 53.6 Å². The van der Waals surface area contributed by atoms with Gasteiger partial charge in [0.05, 0.1) is 6.61 Å². The van der Waals surface area contributed by atoms with Crippen molar-refractivity contribution in [1.29, 1.82) is 0 Å². The largest absolute Gasteiger partial charge is 0.493 e. The number of aryl methyl sites for hydroxylation is 1. The van der Waals surface area contributed by atoms with Gasteiger partial charge in [-0.15, -0.1) is 0 Å². The summed E-state index contributed by atoms with van der Waals surface area (Å²) < 4.78 is 5.68. The van der Waals surface area contributed by atoms with Crippen molar-refractivity contribution in [2.75, 3.05) is 23.8 Å². The van der Waals surface area contributed by atoms with E-state index in [4.69, 9.17) is 4.74 Å². The number of rotatable bonds is 8. The van der Waals surface area contributed by atoms with Crippen LogP contribution in [0.15, 0.2) is 42.5 Å². The van der Waals surface area contributed by atoms with E-state index in [9.17, 15) is 9.59 Å². The molecule has 0 aliphatic rings. The number of urea groups is 1. The molecule has 0 atom stereocenters. The van der Waals surface area contributed by atoms with E-state index in [-0.39, 0.29) is 11.9 Å². The number of nitrogens with one attached hydrogen (secondary N) is 3. The van der Waals surface area contributed by atoms with E-state index in [2.05, 4.69) is 29.8 Å². The molecule has 0 bridgehead atoms. The van der Waals surface area contributed by atoms with Gasteiger partial charge in [-0.05, 0) is 42.5 Å². The quantitative estimate of drug-likeness (QED) is 0.580. The Morgan fingerprint density at radius 3 is 2.54 bits per heavy atom. The molecular weight excluding hydrogens is 354 g/mol. The summed E-state index contributed by atoms with van der Waals surface area (Å²) in [6.45, 7) is 8.63. The highest BCUT2D eigenvalue weighted by Crippen LogP contribution is 2.27. The third kappa shape index (κ3) is 6.61. The molecule has 28 heavy (non-hydrogen) atoms. The topological polar surface area (TPSA) is 79.5 Å². The summed E-state index contributed by atoms with van der Waals surface area (Å²) in [4.78, 5) is 23.3. The van der Waals surface area contributed by atoms with Crippen molar-refractivity contribution < 1.29 is 14.3 Å². The highest BCUT2D eigenvalue weighted by atomic mass is 16.5. The molecule has 0 fully saturated rings. The molecule has 0 aliphatic heterocycles. The molecule has 2 rings (SSSR count). The van der Waals surface area contributed by atoms with Crippen molar-refractivity contribution in [1.82, 2.24) is 5.32 Å². The van der Waals surface area contributed by atoms with E-state index in [1.807, 2.05) is 37.3 Å².